The number of benzene rings is 2. The molecule has 1 N–H and O–H groups in total. The third kappa shape index (κ3) is 4.36. The second kappa shape index (κ2) is 8.34. The van der Waals surface area contributed by atoms with Crippen molar-refractivity contribution in [2.45, 2.75) is 13.5 Å². The molecular formula is C19H16F2N2O3S. The molecule has 3 rings (SSSR count). The van der Waals surface area contributed by atoms with Gasteiger partial charge in [-0.3, -0.25) is 4.79 Å². The van der Waals surface area contributed by atoms with Gasteiger partial charge in [-0.2, -0.15) is 0 Å². The molecular weight excluding hydrogens is 374 g/mol. The fourth-order valence-electron chi connectivity index (χ4n) is 2.50. The van der Waals surface area contributed by atoms with Crippen molar-refractivity contribution in [3.05, 3.63) is 70.4 Å². The van der Waals surface area contributed by atoms with Crippen LogP contribution >= 0.6 is 11.3 Å². The Morgan fingerprint density at radius 3 is 2.44 bits per heavy atom. The molecule has 2 aromatic carbocycles. The Morgan fingerprint density at radius 2 is 1.81 bits per heavy atom. The molecule has 5 nitrogen and oxygen atoms in total. The SMILES string of the molecule is COOCc1nc(C)c(-c2ccc(NC(=O)c3c(F)cccc3F)cc2)s1. The van der Waals surface area contributed by atoms with E-state index in [1.165, 1.54) is 24.5 Å². The number of nitrogens with one attached hydrogen (secondary N) is 1. The van der Waals surface area contributed by atoms with Crippen LogP contribution in [0.15, 0.2) is 42.5 Å². The number of hydrogen-bond acceptors (Lipinski definition) is 5. The van der Waals surface area contributed by atoms with Crippen LogP contribution in [0.3, 0.4) is 0 Å². The molecule has 8 heteroatoms. The summed E-state index contributed by atoms with van der Waals surface area (Å²) in [4.78, 5) is 27.0. The monoisotopic (exact) mass is 390 g/mol. The minimum atomic E-state index is -0.907. The third-order valence-electron chi connectivity index (χ3n) is 3.74. The van der Waals surface area contributed by atoms with E-state index in [1.54, 1.807) is 24.3 Å². The largest absolute Gasteiger partial charge is 0.322 e. The van der Waals surface area contributed by atoms with Crippen molar-refractivity contribution in [1.29, 1.82) is 0 Å². The molecule has 0 bridgehead atoms. The van der Waals surface area contributed by atoms with Crippen LogP contribution in [0.1, 0.15) is 21.1 Å². The summed E-state index contributed by atoms with van der Waals surface area (Å²) in [5, 5.41) is 3.27. The van der Waals surface area contributed by atoms with E-state index < -0.39 is 23.1 Å². The lowest BCUT2D eigenvalue weighted by molar-refractivity contribution is -0.282. The van der Waals surface area contributed by atoms with E-state index in [-0.39, 0.29) is 6.61 Å². The number of aromatic nitrogens is 1. The summed E-state index contributed by atoms with van der Waals surface area (Å²) in [6.45, 7) is 2.14. The molecule has 0 radical (unpaired) electrons. The molecule has 0 aliphatic rings. The van der Waals surface area contributed by atoms with Crippen LogP contribution in [-0.2, 0) is 16.4 Å². The zero-order valence-corrected chi connectivity index (χ0v) is 15.4. The molecule has 1 aromatic heterocycles. The number of rotatable bonds is 6. The van der Waals surface area contributed by atoms with Crippen molar-refractivity contribution < 1.29 is 23.4 Å². The minimum Gasteiger partial charge on any atom is -0.322 e. The highest BCUT2D eigenvalue weighted by molar-refractivity contribution is 7.15. The van der Waals surface area contributed by atoms with Gasteiger partial charge < -0.3 is 5.32 Å². The van der Waals surface area contributed by atoms with Crippen LogP contribution in [0.5, 0.6) is 0 Å². The van der Waals surface area contributed by atoms with E-state index in [2.05, 4.69) is 15.2 Å². The lowest BCUT2D eigenvalue weighted by Gasteiger charge is -2.08. The molecule has 0 atom stereocenters. The van der Waals surface area contributed by atoms with Crippen molar-refractivity contribution in [1.82, 2.24) is 4.98 Å². The Kier molecular flexibility index (Phi) is 5.90. The van der Waals surface area contributed by atoms with Crippen molar-refractivity contribution in [2.24, 2.45) is 0 Å². The number of carbonyl (C=O) groups excluding carboxylic acids is 1. The average Bonchev–Trinajstić information content (AvgIpc) is 3.01. The standard InChI is InChI=1S/C19H16F2N2O3S/c1-11-18(27-16(22-11)10-26-25-2)12-6-8-13(9-7-12)23-19(24)17-14(20)4-3-5-15(17)21/h3-9H,10H2,1-2H3,(H,23,24). The van der Waals surface area contributed by atoms with E-state index in [1.807, 2.05) is 6.92 Å². The maximum Gasteiger partial charge on any atom is 0.261 e. The van der Waals surface area contributed by atoms with Gasteiger partial charge in [0.2, 0.25) is 0 Å². The highest BCUT2D eigenvalue weighted by atomic mass is 32.1. The number of amides is 1. The zero-order chi connectivity index (χ0) is 19.4. The summed E-state index contributed by atoms with van der Waals surface area (Å²) in [7, 11) is 1.43. The Hall–Kier alpha value is -2.68. The van der Waals surface area contributed by atoms with Gasteiger partial charge >= 0.3 is 0 Å². The van der Waals surface area contributed by atoms with Crippen LogP contribution in [0, 0.1) is 18.6 Å². The van der Waals surface area contributed by atoms with E-state index in [9.17, 15) is 13.6 Å². The topological polar surface area (TPSA) is 60.5 Å². The van der Waals surface area contributed by atoms with Gasteiger partial charge in [-0.05, 0) is 36.8 Å². The van der Waals surface area contributed by atoms with Gasteiger partial charge in [0.05, 0.1) is 17.7 Å². The number of carbonyl (C=O) groups is 1. The van der Waals surface area contributed by atoms with Gasteiger partial charge in [0.25, 0.3) is 5.91 Å². The molecule has 0 aliphatic heterocycles. The molecule has 0 spiro atoms. The van der Waals surface area contributed by atoms with Crippen LogP contribution < -0.4 is 5.32 Å². The molecule has 0 unspecified atom stereocenters. The van der Waals surface area contributed by atoms with Crippen molar-refractivity contribution in [2.75, 3.05) is 12.4 Å². The minimum absolute atomic E-state index is 0.254. The number of aryl methyl sites for hydroxylation is 1. The lowest BCUT2D eigenvalue weighted by Crippen LogP contribution is -2.15. The molecule has 140 valence electrons. The summed E-state index contributed by atoms with van der Waals surface area (Å²) in [5.74, 6) is -2.66. The molecule has 0 fully saturated rings. The predicted octanol–water partition coefficient (Wildman–Crippen LogP) is 4.73. The summed E-state index contributed by atoms with van der Waals surface area (Å²) in [5.41, 5.74) is 1.57. The van der Waals surface area contributed by atoms with E-state index in [4.69, 9.17) is 4.89 Å². The number of nitrogens with zero attached hydrogens (tertiary/aromatic N) is 1. The van der Waals surface area contributed by atoms with Gasteiger partial charge in [0.15, 0.2) is 0 Å². The first-order valence-corrected chi connectivity index (χ1v) is 8.79. The van der Waals surface area contributed by atoms with Crippen molar-refractivity contribution in [3.63, 3.8) is 0 Å². The van der Waals surface area contributed by atoms with E-state index >= 15 is 0 Å². The fourth-order valence-corrected chi connectivity index (χ4v) is 3.48. The molecule has 3 aromatic rings. The number of hydrogen-bond donors (Lipinski definition) is 1. The van der Waals surface area contributed by atoms with Crippen LogP contribution in [-0.4, -0.2) is 18.0 Å². The van der Waals surface area contributed by atoms with Crippen molar-refractivity contribution in [3.8, 4) is 10.4 Å². The fraction of sp³-hybridized carbons (Fsp3) is 0.158. The van der Waals surface area contributed by atoms with Crippen LogP contribution in [0.4, 0.5) is 14.5 Å². The normalized spacial score (nSPS) is 10.8. The molecule has 0 saturated carbocycles. The first-order valence-electron chi connectivity index (χ1n) is 7.97. The maximum absolute atomic E-state index is 13.7. The molecule has 0 saturated heterocycles. The van der Waals surface area contributed by atoms with E-state index in [0.717, 1.165) is 33.3 Å². The van der Waals surface area contributed by atoms with Gasteiger partial charge in [-0.25, -0.2) is 23.5 Å². The molecule has 0 aliphatic carbocycles. The maximum atomic E-state index is 13.7. The first kappa shape index (κ1) is 19.1. The highest BCUT2D eigenvalue weighted by Crippen LogP contribution is 2.31. The second-order valence-electron chi connectivity index (χ2n) is 5.58. The number of halogens is 2. The van der Waals surface area contributed by atoms with E-state index in [0.29, 0.717) is 5.69 Å². The van der Waals surface area contributed by atoms with Crippen LogP contribution in [0.2, 0.25) is 0 Å². The molecule has 1 amide bonds. The lowest BCUT2D eigenvalue weighted by atomic mass is 10.1. The summed E-state index contributed by atoms with van der Waals surface area (Å²) < 4.78 is 27.4. The molecule has 1 heterocycles. The Balaban J connectivity index is 1.76. The Morgan fingerprint density at radius 1 is 1.15 bits per heavy atom. The average molecular weight is 390 g/mol. The Labute approximate surface area is 158 Å². The summed E-state index contributed by atoms with van der Waals surface area (Å²) >= 11 is 1.47. The Bertz CT molecular complexity index is 938. The second-order valence-corrected chi connectivity index (χ2v) is 6.66. The molecule has 27 heavy (non-hydrogen) atoms. The number of anilines is 1. The van der Waals surface area contributed by atoms with Crippen molar-refractivity contribution >= 4 is 22.9 Å². The summed E-state index contributed by atoms with van der Waals surface area (Å²) in [6, 6.07) is 10.2. The van der Waals surface area contributed by atoms with Gasteiger partial charge in [0.1, 0.15) is 28.8 Å². The first-order chi connectivity index (χ1) is 13.0. The van der Waals surface area contributed by atoms with Gasteiger partial charge in [-0.1, -0.05) is 18.2 Å². The van der Waals surface area contributed by atoms with Gasteiger partial charge in [0, 0.05) is 5.69 Å². The smallest absolute Gasteiger partial charge is 0.261 e. The third-order valence-corrected chi connectivity index (χ3v) is 4.92. The predicted molar refractivity (Wildman–Crippen MR) is 98.4 cm³/mol. The zero-order valence-electron chi connectivity index (χ0n) is 14.6. The van der Waals surface area contributed by atoms with Crippen LogP contribution in [0.25, 0.3) is 10.4 Å². The van der Waals surface area contributed by atoms with Gasteiger partial charge in [-0.15, -0.1) is 11.3 Å². The number of thiazole rings is 1. The highest BCUT2D eigenvalue weighted by Gasteiger charge is 2.17. The quantitative estimate of drug-likeness (QED) is 0.488. The summed E-state index contributed by atoms with van der Waals surface area (Å²) in [6.07, 6.45) is 0.